The molecule has 0 saturated carbocycles. The number of pyridine rings is 2. The third kappa shape index (κ3) is 3.88. The fourth-order valence-electron chi connectivity index (χ4n) is 2.24. The van der Waals surface area contributed by atoms with Crippen LogP contribution in [0.25, 0.3) is 20.9 Å². The highest BCUT2D eigenvalue weighted by Gasteiger charge is 2.16. The van der Waals surface area contributed by atoms with E-state index in [-0.39, 0.29) is 24.8 Å². The molecule has 23 heavy (non-hydrogen) atoms. The fraction of sp³-hybridized carbons (Fsp3) is 0.0625. The van der Waals surface area contributed by atoms with Gasteiger partial charge in [-0.15, -0.1) is 36.2 Å². The Hall–Kier alpha value is -1.95. The number of rotatable bonds is 3. The van der Waals surface area contributed by atoms with Crippen LogP contribution in [0.4, 0.5) is 0 Å². The second kappa shape index (κ2) is 8.62. The van der Waals surface area contributed by atoms with Gasteiger partial charge in [-0.25, -0.2) is 0 Å². The lowest BCUT2D eigenvalue weighted by atomic mass is 10.0. The van der Waals surface area contributed by atoms with Crippen LogP contribution in [0.3, 0.4) is 0 Å². The number of oxime groups is 1. The number of thiophene rings is 1. The number of hydrogen-bond donors (Lipinski definition) is 1. The van der Waals surface area contributed by atoms with E-state index in [4.69, 9.17) is 5.21 Å². The summed E-state index contributed by atoms with van der Waals surface area (Å²) < 4.78 is 0. The lowest BCUT2D eigenvalue weighted by Gasteiger charge is -1.99. The van der Waals surface area contributed by atoms with E-state index in [2.05, 4.69) is 15.1 Å². The molecule has 0 atom stereocenters. The standard InChI is InChI=1S/C16H13N3OS.2ClH/c1-11-14(10-19-20)16(13-4-8-18-9-5-13)21-15(11)12-2-6-17-7-3-12;;/h2-10,20H,1H3;2*1H. The van der Waals surface area contributed by atoms with Crippen molar-refractivity contribution in [1.82, 2.24) is 9.97 Å². The third-order valence-corrected chi connectivity index (χ3v) is 4.67. The Morgan fingerprint density at radius 3 is 1.87 bits per heavy atom. The van der Waals surface area contributed by atoms with Gasteiger partial charge in [0, 0.05) is 40.1 Å². The van der Waals surface area contributed by atoms with Gasteiger partial charge in [0.25, 0.3) is 0 Å². The second-order valence-electron chi connectivity index (χ2n) is 4.52. The first-order valence-electron chi connectivity index (χ1n) is 6.43. The van der Waals surface area contributed by atoms with Gasteiger partial charge in [0.1, 0.15) is 0 Å². The SMILES string of the molecule is Cc1c(-c2ccncc2)sc(-c2ccncc2)c1C=NO.Cl.Cl. The minimum atomic E-state index is 0. The van der Waals surface area contributed by atoms with E-state index in [1.807, 2.05) is 31.2 Å². The van der Waals surface area contributed by atoms with Gasteiger partial charge >= 0.3 is 0 Å². The Kier molecular flexibility index (Phi) is 7.16. The third-order valence-electron chi connectivity index (χ3n) is 3.27. The maximum absolute atomic E-state index is 8.95. The molecule has 0 fully saturated rings. The fourth-order valence-corrected chi connectivity index (χ4v) is 3.53. The molecule has 0 saturated heterocycles. The van der Waals surface area contributed by atoms with E-state index in [1.54, 1.807) is 36.1 Å². The van der Waals surface area contributed by atoms with Crippen molar-refractivity contribution >= 4 is 42.4 Å². The van der Waals surface area contributed by atoms with Crippen LogP contribution in [-0.2, 0) is 0 Å². The normalized spacial score (nSPS) is 10.1. The van der Waals surface area contributed by atoms with Gasteiger partial charge in [-0.3, -0.25) is 9.97 Å². The Morgan fingerprint density at radius 2 is 1.39 bits per heavy atom. The average Bonchev–Trinajstić information content (AvgIpc) is 2.87. The van der Waals surface area contributed by atoms with Crippen LogP contribution in [0.5, 0.6) is 0 Å². The zero-order valence-corrected chi connectivity index (χ0v) is 14.7. The van der Waals surface area contributed by atoms with Crippen molar-refractivity contribution in [2.45, 2.75) is 6.92 Å². The van der Waals surface area contributed by atoms with Crippen molar-refractivity contribution in [3.8, 4) is 20.9 Å². The van der Waals surface area contributed by atoms with Crippen molar-refractivity contribution in [1.29, 1.82) is 0 Å². The molecule has 3 rings (SSSR count). The maximum Gasteiger partial charge on any atom is 0.0751 e. The van der Waals surface area contributed by atoms with Crippen LogP contribution in [0.15, 0.2) is 54.2 Å². The number of hydrogen-bond acceptors (Lipinski definition) is 5. The molecular formula is C16H15Cl2N3OS. The summed E-state index contributed by atoms with van der Waals surface area (Å²) in [5.74, 6) is 0. The van der Waals surface area contributed by atoms with Crippen molar-refractivity contribution in [2.75, 3.05) is 0 Å². The van der Waals surface area contributed by atoms with Crippen LogP contribution < -0.4 is 0 Å². The van der Waals surface area contributed by atoms with E-state index in [1.165, 1.54) is 6.21 Å². The molecule has 0 bridgehead atoms. The summed E-state index contributed by atoms with van der Waals surface area (Å²) in [5.41, 5.74) is 4.20. The van der Waals surface area contributed by atoms with Crippen LogP contribution >= 0.6 is 36.2 Å². The molecule has 1 N–H and O–H groups in total. The topological polar surface area (TPSA) is 58.4 Å². The van der Waals surface area contributed by atoms with Crippen molar-refractivity contribution in [3.63, 3.8) is 0 Å². The first-order valence-corrected chi connectivity index (χ1v) is 7.24. The average molecular weight is 368 g/mol. The molecule has 0 aliphatic heterocycles. The Morgan fingerprint density at radius 1 is 0.913 bits per heavy atom. The Bertz CT molecular complexity index is 777. The van der Waals surface area contributed by atoms with Gasteiger partial charge < -0.3 is 5.21 Å². The second-order valence-corrected chi connectivity index (χ2v) is 5.54. The lowest BCUT2D eigenvalue weighted by Crippen LogP contribution is -1.86. The summed E-state index contributed by atoms with van der Waals surface area (Å²) >= 11 is 1.67. The van der Waals surface area contributed by atoms with Crippen molar-refractivity contribution in [2.24, 2.45) is 5.16 Å². The molecule has 0 spiro atoms. The molecule has 3 aromatic heterocycles. The molecule has 0 aliphatic carbocycles. The zero-order chi connectivity index (χ0) is 14.7. The Balaban J connectivity index is 0.00000132. The highest BCUT2D eigenvalue weighted by molar-refractivity contribution is 7.19. The lowest BCUT2D eigenvalue weighted by molar-refractivity contribution is 0.322. The molecule has 0 aromatic carbocycles. The molecule has 120 valence electrons. The summed E-state index contributed by atoms with van der Waals surface area (Å²) in [6.45, 7) is 2.04. The predicted molar refractivity (Wildman–Crippen MR) is 99.4 cm³/mol. The summed E-state index contributed by atoms with van der Waals surface area (Å²) in [6.07, 6.45) is 8.57. The van der Waals surface area contributed by atoms with E-state index in [0.29, 0.717) is 0 Å². The van der Waals surface area contributed by atoms with Crippen LogP contribution in [0.2, 0.25) is 0 Å². The zero-order valence-electron chi connectivity index (χ0n) is 12.2. The number of nitrogens with zero attached hydrogens (tertiary/aromatic N) is 3. The summed E-state index contributed by atoms with van der Waals surface area (Å²) in [5, 5.41) is 12.2. The highest BCUT2D eigenvalue weighted by Crippen LogP contribution is 2.40. The van der Waals surface area contributed by atoms with Crippen LogP contribution in [0.1, 0.15) is 11.1 Å². The monoisotopic (exact) mass is 367 g/mol. The van der Waals surface area contributed by atoms with E-state index in [9.17, 15) is 0 Å². The molecule has 0 unspecified atom stereocenters. The molecule has 0 radical (unpaired) electrons. The summed E-state index contributed by atoms with van der Waals surface area (Å²) in [4.78, 5) is 10.3. The molecule has 0 aliphatic rings. The van der Waals surface area contributed by atoms with E-state index < -0.39 is 0 Å². The van der Waals surface area contributed by atoms with Gasteiger partial charge in [-0.2, -0.15) is 0 Å². The van der Waals surface area contributed by atoms with Crippen LogP contribution in [0, 0.1) is 6.92 Å². The smallest absolute Gasteiger partial charge is 0.0751 e. The Labute approximate surface area is 150 Å². The summed E-state index contributed by atoms with van der Waals surface area (Å²) in [7, 11) is 0. The molecular weight excluding hydrogens is 353 g/mol. The molecule has 0 amide bonds. The molecule has 3 aromatic rings. The van der Waals surface area contributed by atoms with Crippen LogP contribution in [-0.4, -0.2) is 21.4 Å². The summed E-state index contributed by atoms with van der Waals surface area (Å²) in [6, 6.07) is 7.87. The number of aromatic nitrogens is 2. The largest absolute Gasteiger partial charge is 0.411 e. The molecule has 3 heterocycles. The van der Waals surface area contributed by atoms with E-state index >= 15 is 0 Å². The highest BCUT2D eigenvalue weighted by atomic mass is 35.5. The quantitative estimate of drug-likeness (QED) is 0.409. The van der Waals surface area contributed by atoms with Gasteiger partial charge in [0.15, 0.2) is 0 Å². The van der Waals surface area contributed by atoms with Crippen molar-refractivity contribution in [3.05, 3.63) is 60.2 Å². The predicted octanol–water partition coefficient (Wildman–Crippen LogP) is 4.83. The molecule has 4 nitrogen and oxygen atoms in total. The number of halogens is 2. The minimum absolute atomic E-state index is 0. The first-order chi connectivity index (χ1) is 10.3. The van der Waals surface area contributed by atoms with Gasteiger partial charge in [-0.05, 0) is 47.9 Å². The minimum Gasteiger partial charge on any atom is -0.411 e. The van der Waals surface area contributed by atoms with Gasteiger partial charge in [0.05, 0.1) is 6.21 Å². The first kappa shape index (κ1) is 19.1. The van der Waals surface area contributed by atoms with Gasteiger partial charge in [-0.1, -0.05) is 5.16 Å². The maximum atomic E-state index is 8.95. The van der Waals surface area contributed by atoms with E-state index in [0.717, 1.165) is 32.0 Å². The van der Waals surface area contributed by atoms with Crippen molar-refractivity contribution < 1.29 is 5.21 Å². The molecule has 7 heteroatoms. The van der Waals surface area contributed by atoms with Gasteiger partial charge in [0.2, 0.25) is 0 Å².